The fourth-order valence-electron chi connectivity index (χ4n) is 6.21. The van der Waals surface area contributed by atoms with Crippen molar-refractivity contribution >= 4 is 5.97 Å². The monoisotopic (exact) mass is 586 g/mol. The van der Waals surface area contributed by atoms with Gasteiger partial charge in [-0.15, -0.1) is 0 Å². The number of aliphatic hydroxyl groups is 1. The largest absolute Gasteiger partial charge is 0.489 e. The van der Waals surface area contributed by atoms with E-state index < -0.39 is 12.1 Å². The Morgan fingerprint density at radius 1 is 0.929 bits per heavy atom. The molecule has 1 N–H and O–H groups in total. The molecule has 2 rings (SSSR count). The average molecular weight is 587 g/mol. The molecule has 5 nitrogen and oxygen atoms in total. The molecule has 1 heterocycles. The van der Waals surface area contributed by atoms with Gasteiger partial charge >= 0.3 is 5.97 Å². The summed E-state index contributed by atoms with van der Waals surface area (Å²) in [7, 11) is 0. The Labute approximate surface area is 257 Å². The number of rotatable bonds is 18. The van der Waals surface area contributed by atoms with Crippen molar-refractivity contribution in [2.24, 2.45) is 17.8 Å². The van der Waals surface area contributed by atoms with E-state index in [4.69, 9.17) is 14.2 Å². The number of hydrogen-bond donors (Lipinski definition) is 1. The van der Waals surface area contributed by atoms with Crippen LogP contribution in [0.5, 0.6) is 11.5 Å². The van der Waals surface area contributed by atoms with Crippen molar-refractivity contribution in [3.8, 4) is 11.5 Å². The average Bonchev–Trinajstić information content (AvgIpc) is 2.90. The lowest BCUT2D eigenvalue weighted by Crippen LogP contribution is -2.37. The van der Waals surface area contributed by atoms with E-state index in [-0.39, 0.29) is 18.8 Å². The number of carbonyl (C=O) groups is 1. The van der Waals surface area contributed by atoms with Crippen molar-refractivity contribution in [2.75, 3.05) is 13.2 Å². The summed E-state index contributed by atoms with van der Waals surface area (Å²) < 4.78 is 18.3. The highest BCUT2D eigenvalue weighted by Crippen LogP contribution is 2.45. The number of benzene rings is 1. The van der Waals surface area contributed by atoms with Crippen molar-refractivity contribution in [1.29, 1.82) is 0 Å². The van der Waals surface area contributed by atoms with Gasteiger partial charge in [0.1, 0.15) is 23.7 Å². The van der Waals surface area contributed by atoms with E-state index >= 15 is 0 Å². The van der Waals surface area contributed by atoms with Crippen LogP contribution in [0.4, 0.5) is 0 Å². The molecule has 5 heteroatoms. The van der Waals surface area contributed by atoms with Crippen LogP contribution in [0.3, 0.4) is 0 Å². The van der Waals surface area contributed by atoms with E-state index in [1.54, 1.807) is 0 Å². The summed E-state index contributed by atoms with van der Waals surface area (Å²) in [6, 6.07) is 0. The lowest BCUT2D eigenvalue weighted by Gasteiger charge is -2.38. The van der Waals surface area contributed by atoms with Gasteiger partial charge in [0.15, 0.2) is 6.10 Å². The molecular weight excluding hydrogens is 524 g/mol. The predicted octanol–water partition coefficient (Wildman–Crippen LogP) is 9.38. The minimum absolute atomic E-state index is 0.104. The number of carbonyl (C=O) groups excluding carboxylic acids is 1. The number of fused-ring (bicyclic) bond motifs is 1. The molecule has 0 aliphatic carbocycles. The summed E-state index contributed by atoms with van der Waals surface area (Å²) in [5.41, 5.74) is 5.14. The Hall–Kier alpha value is -2.01. The normalized spacial score (nSPS) is 18.6. The van der Waals surface area contributed by atoms with Crippen molar-refractivity contribution in [2.45, 2.75) is 152 Å². The number of aliphatic hydroxyl groups excluding tert-OH is 1. The molecule has 0 radical (unpaired) electrons. The highest BCUT2D eigenvalue weighted by molar-refractivity contribution is 5.82. The molecule has 1 unspecified atom stereocenters. The maximum Gasteiger partial charge on any atom is 0.331 e. The van der Waals surface area contributed by atoms with Gasteiger partial charge in [0, 0.05) is 11.6 Å². The van der Waals surface area contributed by atoms with Crippen LogP contribution in [0.1, 0.15) is 135 Å². The minimum Gasteiger partial charge on any atom is -0.489 e. The lowest BCUT2D eigenvalue weighted by atomic mass is 9.83. The highest BCUT2D eigenvalue weighted by atomic mass is 16.6. The molecule has 0 amide bonds. The number of ether oxygens (including phenoxy) is 3. The third kappa shape index (κ3) is 11.6. The maximum atomic E-state index is 12.0. The second-order valence-corrected chi connectivity index (χ2v) is 14.2. The van der Waals surface area contributed by atoms with Crippen molar-refractivity contribution < 1.29 is 24.1 Å². The van der Waals surface area contributed by atoms with Crippen LogP contribution < -0.4 is 9.47 Å². The molecule has 1 aromatic carbocycles. The van der Waals surface area contributed by atoms with Gasteiger partial charge in [0.05, 0.1) is 6.61 Å². The Kier molecular flexibility index (Phi) is 14.9. The summed E-state index contributed by atoms with van der Waals surface area (Å²) >= 11 is 0. The maximum absolute atomic E-state index is 12.0. The minimum atomic E-state index is -0.719. The first kappa shape index (κ1) is 36.2. The molecule has 0 saturated carbocycles. The molecule has 1 aliphatic heterocycles. The third-order valence-electron chi connectivity index (χ3n) is 9.14. The van der Waals surface area contributed by atoms with E-state index in [9.17, 15) is 9.90 Å². The van der Waals surface area contributed by atoms with Crippen LogP contribution in [0, 0.1) is 38.5 Å². The predicted molar refractivity (Wildman–Crippen MR) is 175 cm³/mol. The fraction of sp³-hybridized carbons (Fsp3) is 0.757. The van der Waals surface area contributed by atoms with Crippen molar-refractivity contribution in [3.63, 3.8) is 0 Å². The van der Waals surface area contributed by atoms with E-state index in [1.165, 1.54) is 63.0 Å². The fourth-order valence-corrected chi connectivity index (χ4v) is 6.21. The third-order valence-corrected chi connectivity index (χ3v) is 9.14. The van der Waals surface area contributed by atoms with Crippen LogP contribution >= 0.6 is 0 Å². The zero-order chi connectivity index (χ0) is 31.4. The standard InChI is InChI=1S/C37H62O5/c1-25(2)14-11-15-27(5)16-12-17-28(6)18-13-20-37(10)21-19-33-31(9)35(29(7)30(8)36(33)42-37)40-24-32(23-38)41-34(39)22-26(3)4/h22,25,27-28,32,38H,11-21,23-24H2,1-10H3/t27-,28-,32?,37-/m1/s1. The molecule has 42 heavy (non-hydrogen) atoms. The highest BCUT2D eigenvalue weighted by Gasteiger charge is 2.34. The van der Waals surface area contributed by atoms with Gasteiger partial charge < -0.3 is 19.3 Å². The van der Waals surface area contributed by atoms with Crippen LogP contribution in [0.2, 0.25) is 0 Å². The summed E-state index contributed by atoms with van der Waals surface area (Å²) in [6.45, 7) is 21.5. The van der Waals surface area contributed by atoms with Crippen molar-refractivity contribution in [1.82, 2.24) is 0 Å². The van der Waals surface area contributed by atoms with Crippen LogP contribution in [-0.4, -0.2) is 36.0 Å². The van der Waals surface area contributed by atoms with Crippen LogP contribution in [0.25, 0.3) is 0 Å². The topological polar surface area (TPSA) is 65.0 Å². The Bertz CT molecular complexity index is 1020. The first-order valence-electron chi connectivity index (χ1n) is 16.7. The second kappa shape index (κ2) is 17.3. The van der Waals surface area contributed by atoms with Gasteiger partial charge in [-0.05, 0) is 102 Å². The van der Waals surface area contributed by atoms with E-state index in [1.807, 2.05) is 13.8 Å². The zero-order valence-electron chi connectivity index (χ0n) is 28.7. The number of esters is 1. The van der Waals surface area contributed by atoms with Crippen molar-refractivity contribution in [3.05, 3.63) is 33.9 Å². The van der Waals surface area contributed by atoms with Gasteiger partial charge in [-0.2, -0.15) is 0 Å². The Morgan fingerprint density at radius 2 is 1.52 bits per heavy atom. The summed E-state index contributed by atoms with van der Waals surface area (Å²) in [5, 5.41) is 9.74. The zero-order valence-corrected chi connectivity index (χ0v) is 28.7. The molecule has 1 aromatic rings. The first-order valence-corrected chi connectivity index (χ1v) is 16.7. The van der Waals surface area contributed by atoms with E-state index in [0.717, 1.165) is 70.8 Å². The van der Waals surface area contributed by atoms with Gasteiger partial charge in [-0.3, -0.25) is 0 Å². The molecule has 0 bridgehead atoms. The SMILES string of the molecule is CC(C)=CC(=O)OC(CO)COc1c(C)c(C)c2c(c1C)CC[C@@](C)(CCC[C@H](C)CCC[C@H](C)CCCC(C)C)O2. The molecule has 0 spiro atoms. The van der Waals surface area contributed by atoms with Gasteiger partial charge in [-0.1, -0.05) is 78.2 Å². The molecule has 0 aromatic heterocycles. The Balaban J connectivity index is 1.90. The van der Waals surface area contributed by atoms with Gasteiger partial charge in [-0.25, -0.2) is 4.79 Å². The quantitative estimate of drug-likeness (QED) is 0.137. The Morgan fingerprint density at radius 3 is 2.10 bits per heavy atom. The number of allylic oxidation sites excluding steroid dienone is 1. The van der Waals surface area contributed by atoms with Crippen LogP contribution in [-0.2, 0) is 16.0 Å². The molecule has 4 atom stereocenters. The van der Waals surface area contributed by atoms with E-state index in [0.29, 0.717) is 0 Å². The summed E-state index contributed by atoms with van der Waals surface area (Å²) in [4.78, 5) is 12.0. The molecule has 0 fully saturated rings. The van der Waals surface area contributed by atoms with Gasteiger partial charge in [0.2, 0.25) is 0 Å². The summed E-state index contributed by atoms with van der Waals surface area (Å²) in [6.07, 6.45) is 14.4. The smallest absolute Gasteiger partial charge is 0.331 e. The van der Waals surface area contributed by atoms with Crippen LogP contribution in [0.15, 0.2) is 11.6 Å². The van der Waals surface area contributed by atoms with Gasteiger partial charge in [0.25, 0.3) is 0 Å². The molecule has 240 valence electrons. The number of hydrogen-bond acceptors (Lipinski definition) is 5. The molecule has 0 saturated heterocycles. The molecule has 1 aliphatic rings. The van der Waals surface area contributed by atoms with E-state index in [2.05, 4.69) is 55.4 Å². The lowest BCUT2D eigenvalue weighted by molar-refractivity contribution is -0.146. The summed E-state index contributed by atoms with van der Waals surface area (Å²) in [5.74, 6) is 3.80. The second-order valence-electron chi connectivity index (χ2n) is 14.2. The molecular formula is C37H62O5. The first-order chi connectivity index (χ1) is 19.8.